The zero-order chi connectivity index (χ0) is 20.1. The zero-order valence-corrected chi connectivity index (χ0v) is 16.9. The van der Waals surface area contributed by atoms with Crippen LogP contribution in [0, 0.1) is 6.92 Å². The molecule has 0 aliphatic carbocycles. The Hall–Kier alpha value is -2.95. The molecule has 1 fully saturated rings. The molecule has 148 valence electrons. The zero-order valence-electron chi connectivity index (χ0n) is 16.9. The summed E-state index contributed by atoms with van der Waals surface area (Å²) in [5, 5.41) is 0. The van der Waals surface area contributed by atoms with Crippen molar-refractivity contribution in [1.29, 1.82) is 0 Å². The van der Waals surface area contributed by atoms with Gasteiger partial charge in [-0.05, 0) is 50.1 Å². The van der Waals surface area contributed by atoms with Crippen LogP contribution in [0.25, 0.3) is 6.08 Å². The van der Waals surface area contributed by atoms with Crippen LogP contribution in [0.4, 0.5) is 0 Å². The highest BCUT2D eigenvalue weighted by molar-refractivity contribution is 5.92. The molecule has 0 saturated carbocycles. The van der Waals surface area contributed by atoms with Crippen molar-refractivity contribution in [3.8, 4) is 17.2 Å². The lowest BCUT2D eigenvalue weighted by molar-refractivity contribution is -0.126. The monoisotopic (exact) mass is 381 g/mol. The fourth-order valence-electron chi connectivity index (χ4n) is 3.69. The smallest absolute Gasteiger partial charge is 0.247 e. The maximum atomic E-state index is 12.9. The highest BCUT2D eigenvalue weighted by Crippen LogP contribution is 2.38. The van der Waals surface area contributed by atoms with E-state index in [1.165, 1.54) is 0 Å². The number of methoxy groups -OCH3 is 3. The van der Waals surface area contributed by atoms with Crippen LogP contribution in [-0.2, 0) is 4.79 Å². The van der Waals surface area contributed by atoms with E-state index in [-0.39, 0.29) is 11.9 Å². The van der Waals surface area contributed by atoms with E-state index in [0.717, 1.165) is 53.3 Å². The van der Waals surface area contributed by atoms with Crippen LogP contribution in [0.2, 0.25) is 0 Å². The van der Waals surface area contributed by atoms with Gasteiger partial charge < -0.3 is 19.1 Å². The predicted octanol–water partition coefficient (Wildman–Crippen LogP) is 4.40. The third-order valence-electron chi connectivity index (χ3n) is 5.13. The minimum Gasteiger partial charge on any atom is -0.497 e. The van der Waals surface area contributed by atoms with Crippen molar-refractivity contribution in [3.05, 3.63) is 59.2 Å². The summed E-state index contributed by atoms with van der Waals surface area (Å²) >= 11 is 0. The number of benzene rings is 2. The molecule has 5 heteroatoms. The van der Waals surface area contributed by atoms with Crippen molar-refractivity contribution in [3.63, 3.8) is 0 Å². The van der Waals surface area contributed by atoms with Gasteiger partial charge in [0, 0.05) is 29.8 Å². The minimum absolute atomic E-state index is 0.00240. The van der Waals surface area contributed by atoms with E-state index >= 15 is 0 Å². The number of nitrogens with zero attached hydrogens (tertiary/aromatic N) is 1. The molecule has 1 amide bonds. The fourth-order valence-corrected chi connectivity index (χ4v) is 3.69. The molecule has 0 aromatic heterocycles. The maximum Gasteiger partial charge on any atom is 0.247 e. The van der Waals surface area contributed by atoms with E-state index in [0.29, 0.717) is 0 Å². The summed E-state index contributed by atoms with van der Waals surface area (Å²) in [5.41, 5.74) is 3.03. The number of carbonyl (C=O) groups excluding carboxylic acids is 1. The molecule has 5 nitrogen and oxygen atoms in total. The number of hydrogen-bond donors (Lipinski definition) is 0. The normalized spacial score (nSPS) is 16.4. The largest absolute Gasteiger partial charge is 0.497 e. The number of ether oxygens (including phenoxy) is 3. The Balaban J connectivity index is 1.83. The highest BCUT2D eigenvalue weighted by Gasteiger charge is 2.31. The first-order valence-corrected chi connectivity index (χ1v) is 9.42. The Morgan fingerprint density at radius 3 is 2.54 bits per heavy atom. The van der Waals surface area contributed by atoms with Crippen LogP contribution in [0.1, 0.15) is 35.6 Å². The average Bonchev–Trinajstić information content (AvgIpc) is 3.21. The Bertz CT molecular complexity index is 875. The van der Waals surface area contributed by atoms with Crippen molar-refractivity contribution in [1.82, 2.24) is 4.90 Å². The van der Waals surface area contributed by atoms with Crippen molar-refractivity contribution in [2.75, 3.05) is 27.9 Å². The first-order chi connectivity index (χ1) is 13.6. The third-order valence-corrected chi connectivity index (χ3v) is 5.13. The number of aryl methyl sites for hydroxylation is 1. The predicted molar refractivity (Wildman–Crippen MR) is 110 cm³/mol. The summed E-state index contributed by atoms with van der Waals surface area (Å²) in [6.45, 7) is 2.75. The van der Waals surface area contributed by atoms with Gasteiger partial charge >= 0.3 is 0 Å². The van der Waals surface area contributed by atoms with Gasteiger partial charge in [0.25, 0.3) is 0 Å². The Morgan fingerprint density at radius 2 is 1.82 bits per heavy atom. The van der Waals surface area contributed by atoms with Crippen molar-refractivity contribution >= 4 is 12.0 Å². The van der Waals surface area contributed by atoms with E-state index < -0.39 is 0 Å². The summed E-state index contributed by atoms with van der Waals surface area (Å²) in [5.74, 6) is 2.23. The molecule has 3 rings (SSSR count). The molecule has 0 bridgehead atoms. The van der Waals surface area contributed by atoms with Crippen LogP contribution >= 0.6 is 0 Å². The van der Waals surface area contributed by atoms with Crippen LogP contribution < -0.4 is 14.2 Å². The second-order valence-corrected chi connectivity index (χ2v) is 6.88. The number of carbonyl (C=O) groups is 1. The SMILES string of the molecule is COc1ccc(C2CCCN2C(=O)C=Cc2cc(C)ccc2OC)c(OC)c1. The lowest BCUT2D eigenvalue weighted by Crippen LogP contribution is -2.29. The van der Waals surface area contributed by atoms with Gasteiger partial charge in [0.1, 0.15) is 17.2 Å². The molecular formula is C23H27NO4. The van der Waals surface area contributed by atoms with Gasteiger partial charge in [-0.25, -0.2) is 0 Å². The van der Waals surface area contributed by atoms with Gasteiger partial charge in [-0.15, -0.1) is 0 Å². The summed E-state index contributed by atoms with van der Waals surface area (Å²) in [7, 11) is 4.91. The van der Waals surface area contributed by atoms with Crippen LogP contribution in [0.5, 0.6) is 17.2 Å². The number of hydrogen-bond acceptors (Lipinski definition) is 4. The highest BCUT2D eigenvalue weighted by atomic mass is 16.5. The second-order valence-electron chi connectivity index (χ2n) is 6.88. The Morgan fingerprint density at radius 1 is 1.04 bits per heavy atom. The summed E-state index contributed by atoms with van der Waals surface area (Å²) < 4.78 is 16.2. The molecule has 1 unspecified atom stereocenters. The van der Waals surface area contributed by atoms with Crippen molar-refractivity contribution in [2.24, 2.45) is 0 Å². The van der Waals surface area contributed by atoms with Gasteiger partial charge in [-0.3, -0.25) is 4.79 Å². The van der Waals surface area contributed by atoms with Gasteiger partial charge in [0.15, 0.2) is 0 Å². The van der Waals surface area contributed by atoms with E-state index in [4.69, 9.17) is 14.2 Å². The van der Waals surface area contributed by atoms with Gasteiger partial charge in [-0.2, -0.15) is 0 Å². The molecule has 28 heavy (non-hydrogen) atoms. The van der Waals surface area contributed by atoms with E-state index in [9.17, 15) is 4.79 Å². The molecule has 1 aliphatic rings. The fraction of sp³-hybridized carbons (Fsp3) is 0.348. The van der Waals surface area contributed by atoms with Gasteiger partial charge in [0.2, 0.25) is 5.91 Å². The minimum atomic E-state index is -0.0102. The Kier molecular flexibility index (Phi) is 6.24. The number of rotatable bonds is 6. The number of likely N-dealkylation sites (tertiary alicyclic amines) is 1. The molecule has 0 radical (unpaired) electrons. The Labute approximate surface area is 166 Å². The molecule has 0 N–H and O–H groups in total. The first-order valence-electron chi connectivity index (χ1n) is 9.42. The molecule has 2 aromatic rings. The molecule has 0 spiro atoms. The van der Waals surface area contributed by atoms with Crippen LogP contribution in [-0.4, -0.2) is 38.7 Å². The van der Waals surface area contributed by atoms with Gasteiger partial charge in [0.05, 0.1) is 27.4 Å². The van der Waals surface area contributed by atoms with E-state index in [1.54, 1.807) is 27.4 Å². The first kappa shape index (κ1) is 19.8. The second kappa shape index (κ2) is 8.83. The summed E-state index contributed by atoms with van der Waals surface area (Å²) in [6, 6.07) is 11.7. The molecule has 1 atom stereocenters. The standard InChI is InChI=1S/C23H27NO4/c1-16-7-11-21(27-3)17(14-16)8-12-23(25)24-13-5-6-20(24)19-10-9-18(26-2)15-22(19)28-4/h7-12,14-15,20H,5-6,13H2,1-4H3. The van der Waals surface area contributed by atoms with Crippen molar-refractivity contribution < 1.29 is 19.0 Å². The third kappa shape index (κ3) is 4.14. The average molecular weight is 381 g/mol. The molecule has 1 heterocycles. The molecule has 1 saturated heterocycles. The van der Waals surface area contributed by atoms with E-state index in [1.807, 2.05) is 54.3 Å². The quantitative estimate of drug-likeness (QED) is 0.696. The summed E-state index contributed by atoms with van der Waals surface area (Å²) in [4.78, 5) is 14.8. The lowest BCUT2D eigenvalue weighted by Gasteiger charge is -2.25. The maximum absolute atomic E-state index is 12.9. The number of amides is 1. The van der Waals surface area contributed by atoms with Crippen molar-refractivity contribution in [2.45, 2.75) is 25.8 Å². The molecular weight excluding hydrogens is 354 g/mol. The lowest BCUT2D eigenvalue weighted by atomic mass is 10.0. The topological polar surface area (TPSA) is 48.0 Å². The molecule has 1 aliphatic heterocycles. The summed E-state index contributed by atoms with van der Waals surface area (Å²) in [6.07, 6.45) is 5.34. The van der Waals surface area contributed by atoms with Crippen LogP contribution in [0.15, 0.2) is 42.5 Å². The van der Waals surface area contributed by atoms with Crippen LogP contribution in [0.3, 0.4) is 0 Å². The van der Waals surface area contributed by atoms with E-state index in [2.05, 4.69) is 0 Å². The molecule has 2 aromatic carbocycles. The van der Waals surface area contributed by atoms with Gasteiger partial charge in [-0.1, -0.05) is 11.6 Å².